The second kappa shape index (κ2) is 10.8. The molecule has 1 aliphatic rings. The van der Waals surface area contributed by atoms with E-state index in [0.717, 1.165) is 24.0 Å². The molecule has 2 heterocycles. The minimum absolute atomic E-state index is 0.00753. The van der Waals surface area contributed by atoms with Crippen molar-refractivity contribution in [1.82, 2.24) is 9.80 Å². The fraction of sp³-hybridized carbons (Fsp3) is 0.310. The molecule has 0 spiro atoms. The standard InChI is InChI=1S/C29H32N2O2S/c1-4-22(3)31(27(32)15-14-23-11-6-5-7-12-23)20-28(33)30-18-16-26-25(17-19-34-26)29(30)24-13-9-8-10-21(24)2/h5-15,17,19,22,29H,4,16,18,20H2,1-3H3. The molecule has 176 valence electrons. The summed E-state index contributed by atoms with van der Waals surface area (Å²) in [6.45, 7) is 6.89. The van der Waals surface area contributed by atoms with Gasteiger partial charge in [0.15, 0.2) is 0 Å². The molecule has 0 bridgehead atoms. The maximum Gasteiger partial charge on any atom is 0.247 e. The van der Waals surface area contributed by atoms with Gasteiger partial charge in [0.1, 0.15) is 6.54 Å². The van der Waals surface area contributed by atoms with E-state index in [1.165, 1.54) is 16.0 Å². The van der Waals surface area contributed by atoms with Crippen LogP contribution in [0.2, 0.25) is 0 Å². The molecule has 5 heteroatoms. The van der Waals surface area contributed by atoms with E-state index < -0.39 is 0 Å². The summed E-state index contributed by atoms with van der Waals surface area (Å²) in [5.41, 5.74) is 4.50. The molecule has 4 nitrogen and oxygen atoms in total. The van der Waals surface area contributed by atoms with E-state index in [4.69, 9.17) is 0 Å². The highest BCUT2D eigenvalue weighted by molar-refractivity contribution is 7.10. The van der Waals surface area contributed by atoms with Crippen LogP contribution in [0.4, 0.5) is 0 Å². The molecule has 2 aromatic carbocycles. The van der Waals surface area contributed by atoms with Crippen molar-refractivity contribution in [2.45, 2.75) is 45.7 Å². The Morgan fingerprint density at radius 1 is 1.09 bits per heavy atom. The number of carbonyl (C=O) groups excluding carboxylic acids is 2. The van der Waals surface area contributed by atoms with Gasteiger partial charge in [-0.15, -0.1) is 11.3 Å². The van der Waals surface area contributed by atoms with Gasteiger partial charge in [-0.25, -0.2) is 0 Å². The number of amides is 2. The number of rotatable bonds is 7. The molecule has 1 aromatic heterocycles. The summed E-state index contributed by atoms with van der Waals surface area (Å²) in [4.78, 5) is 31.9. The first kappa shape index (κ1) is 24.0. The van der Waals surface area contributed by atoms with Crippen molar-refractivity contribution in [1.29, 1.82) is 0 Å². The van der Waals surface area contributed by atoms with E-state index in [-0.39, 0.29) is 30.4 Å². The van der Waals surface area contributed by atoms with Crippen LogP contribution < -0.4 is 0 Å². The van der Waals surface area contributed by atoms with Gasteiger partial charge in [-0.1, -0.05) is 61.5 Å². The van der Waals surface area contributed by atoms with E-state index in [1.807, 2.05) is 67.3 Å². The maximum absolute atomic E-state index is 13.7. The maximum atomic E-state index is 13.7. The Kier molecular flexibility index (Phi) is 7.63. The number of aryl methyl sites for hydroxylation is 1. The predicted octanol–water partition coefficient (Wildman–Crippen LogP) is 5.87. The number of nitrogens with zero attached hydrogens (tertiary/aromatic N) is 2. The summed E-state index contributed by atoms with van der Waals surface area (Å²) >= 11 is 1.76. The zero-order valence-electron chi connectivity index (χ0n) is 20.1. The van der Waals surface area contributed by atoms with Crippen LogP contribution in [0, 0.1) is 6.92 Å². The Hall–Kier alpha value is -3.18. The number of carbonyl (C=O) groups is 2. The van der Waals surface area contributed by atoms with Gasteiger partial charge >= 0.3 is 0 Å². The fourth-order valence-electron chi connectivity index (χ4n) is 4.55. The zero-order valence-corrected chi connectivity index (χ0v) is 20.9. The van der Waals surface area contributed by atoms with Crippen LogP contribution in [0.15, 0.2) is 72.1 Å². The van der Waals surface area contributed by atoms with E-state index >= 15 is 0 Å². The molecule has 0 radical (unpaired) electrons. The van der Waals surface area contributed by atoms with Gasteiger partial charge in [-0.3, -0.25) is 9.59 Å². The summed E-state index contributed by atoms with van der Waals surface area (Å²) in [6.07, 6.45) is 5.04. The van der Waals surface area contributed by atoms with Crippen molar-refractivity contribution in [2.24, 2.45) is 0 Å². The molecular weight excluding hydrogens is 440 g/mol. The van der Waals surface area contributed by atoms with Crippen molar-refractivity contribution in [3.8, 4) is 0 Å². The number of fused-ring (bicyclic) bond motifs is 1. The first-order valence-electron chi connectivity index (χ1n) is 11.9. The van der Waals surface area contributed by atoms with Gasteiger partial charge in [-0.05, 0) is 66.5 Å². The molecule has 4 rings (SSSR count). The Morgan fingerprint density at radius 2 is 1.82 bits per heavy atom. The van der Waals surface area contributed by atoms with Crippen LogP contribution in [0.25, 0.3) is 6.08 Å². The molecule has 2 unspecified atom stereocenters. The van der Waals surface area contributed by atoms with Crippen molar-refractivity contribution in [3.05, 3.63) is 99.3 Å². The number of hydrogen-bond acceptors (Lipinski definition) is 3. The predicted molar refractivity (Wildman–Crippen MR) is 140 cm³/mol. The van der Waals surface area contributed by atoms with Crippen molar-refractivity contribution in [2.75, 3.05) is 13.1 Å². The molecule has 0 saturated heterocycles. The summed E-state index contributed by atoms with van der Waals surface area (Å²) in [5, 5.41) is 2.12. The van der Waals surface area contributed by atoms with Crippen LogP contribution in [0.1, 0.15) is 53.4 Å². The number of benzene rings is 2. The summed E-state index contributed by atoms with van der Waals surface area (Å²) in [7, 11) is 0. The Labute approximate surface area is 206 Å². The number of thiophene rings is 1. The van der Waals surface area contributed by atoms with E-state index in [0.29, 0.717) is 6.54 Å². The van der Waals surface area contributed by atoms with Crippen LogP contribution in [-0.4, -0.2) is 40.7 Å². The van der Waals surface area contributed by atoms with Crippen LogP contribution in [-0.2, 0) is 16.0 Å². The molecule has 1 aliphatic heterocycles. The minimum Gasteiger partial charge on any atom is -0.330 e. The molecule has 0 fully saturated rings. The first-order chi connectivity index (χ1) is 16.5. The third-order valence-electron chi connectivity index (χ3n) is 6.70. The number of hydrogen-bond donors (Lipinski definition) is 0. The molecule has 3 aromatic rings. The third-order valence-corrected chi connectivity index (χ3v) is 7.70. The first-order valence-corrected chi connectivity index (χ1v) is 12.8. The highest BCUT2D eigenvalue weighted by atomic mass is 32.1. The molecule has 34 heavy (non-hydrogen) atoms. The van der Waals surface area contributed by atoms with E-state index in [2.05, 4.69) is 30.5 Å². The zero-order chi connectivity index (χ0) is 24.1. The van der Waals surface area contributed by atoms with Gasteiger partial charge in [0.05, 0.1) is 6.04 Å². The van der Waals surface area contributed by atoms with E-state index in [9.17, 15) is 9.59 Å². The van der Waals surface area contributed by atoms with Crippen LogP contribution in [0.5, 0.6) is 0 Å². The molecule has 0 aliphatic carbocycles. The monoisotopic (exact) mass is 472 g/mol. The molecule has 2 amide bonds. The highest BCUT2D eigenvalue weighted by Gasteiger charge is 2.35. The van der Waals surface area contributed by atoms with Crippen LogP contribution >= 0.6 is 11.3 Å². The fourth-order valence-corrected chi connectivity index (χ4v) is 5.45. The second-order valence-corrected chi connectivity index (χ2v) is 9.86. The third kappa shape index (κ3) is 5.15. The van der Waals surface area contributed by atoms with Gasteiger partial charge in [-0.2, -0.15) is 0 Å². The summed E-state index contributed by atoms with van der Waals surface area (Å²) < 4.78 is 0. The Morgan fingerprint density at radius 3 is 2.56 bits per heavy atom. The Balaban J connectivity index is 1.59. The minimum atomic E-state index is -0.132. The van der Waals surface area contributed by atoms with Gasteiger partial charge in [0.2, 0.25) is 11.8 Å². The molecule has 0 saturated carbocycles. The molecular formula is C29H32N2O2S. The van der Waals surface area contributed by atoms with Gasteiger partial charge < -0.3 is 9.80 Å². The highest BCUT2D eigenvalue weighted by Crippen LogP contribution is 2.39. The summed E-state index contributed by atoms with van der Waals surface area (Å²) in [5.74, 6) is -0.140. The Bertz CT molecular complexity index is 1170. The summed E-state index contributed by atoms with van der Waals surface area (Å²) in [6, 6.07) is 20.1. The second-order valence-electron chi connectivity index (χ2n) is 8.86. The lowest BCUT2D eigenvalue weighted by molar-refractivity contribution is -0.141. The molecule has 0 N–H and O–H groups in total. The average Bonchev–Trinajstić information content (AvgIpc) is 3.35. The molecule has 2 atom stereocenters. The van der Waals surface area contributed by atoms with Crippen molar-refractivity contribution < 1.29 is 9.59 Å². The largest absolute Gasteiger partial charge is 0.330 e. The van der Waals surface area contributed by atoms with Gasteiger partial charge in [0.25, 0.3) is 0 Å². The quantitative estimate of drug-likeness (QED) is 0.404. The lowest BCUT2D eigenvalue weighted by Gasteiger charge is -2.39. The SMILES string of the molecule is CCC(C)N(CC(=O)N1CCc2sccc2C1c1ccccc1C)C(=O)C=Cc1ccccc1. The van der Waals surface area contributed by atoms with Crippen molar-refractivity contribution in [3.63, 3.8) is 0 Å². The average molecular weight is 473 g/mol. The van der Waals surface area contributed by atoms with Crippen molar-refractivity contribution >= 4 is 29.2 Å². The normalized spacial score (nSPS) is 16.3. The lowest BCUT2D eigenvalue weighted by atomic mass is 9.90. The smallest absolute Gasteiger partial charge is 0.247 e. The van der Waals surface area contributed by atoms with Gasteiger partial charge in [0, 0.05) is 23.5 Å². The lowest BCUT2D eigenvalue weighted by Crippen LogP contribution is -2.48. The van der Waals surface area contributed by atoms with Crippen LogP contribution in [0.3, 0.4) is 0 Å². The van der Waals surface area contributed by atoms with E-state index in [1.54, 1.807) is 22.3 Å². The topological polar surface area (TPSA) is 40.6 Å².